The molecule has 1 N–H and O–H groups in total. The van der Waals surface area contributed by atoms with Crippen molar-refractivity contribution in [1.82, 2.24) is 9.88 Å². The standard InChI is InChI=1S/C20H16ClN3O3S/c21-18-9-8-17(28-18)20(26)22-12-15-11-16(23-27-15)13-4-6-14(7-5-13)24-10-2-1-3-19(24)25/h1-10,15H,11-12H2,(H,22,26). The van der Waals surface area contributed by atoms with Gasteiger partial charge in [-0.05, 0) is 35.9 Å². The highest BCUT2D eigenvalue weighted by molar-refractivity contribution is 7.17. The van der Waals surface area contributed by atoms with E-state index in [2.05, 4.69) is 10.5 Å². The number of rotatable bonds is 5. The molecule has 0 saturated heterocycles. The van der Waals surface area contributed by atoms with Crippen LogP contribution in [0, 0.1) is 0 Å². The molecule has 28 heavy (non-hydrogen) atoms. The molecule has 1 aliphatic rings. The summed E-state index contributed by atoms with van der Waals surface area (Å²) in [5.74, 6) is -0.174. The summed E-state index contributed by atoms with van der Waals surface area (Å²) in [4.78, 5) is 30.0. The summed E-state index contributed by atoms with van der Waals surface area (Å²) in [7, 11) is 0. The van der Waals surface area contributed by atoms with Crippen LogP contribution in [0.1, 0.15) is 21.7 Å². The summed E-state index contributed by atoms with van der Waals surface area (Å²) >= 11 is 7.09. The molecule has 3 heterocycles. The predicted molar refractivity (Wildman–Crippen MR) is 110 cm³/mol. The fourth-order valence-corrected chi connectivity index (χ4v) is 3.85. The molecule has 0 aliphatic carbocycles. The number of hydrogen-bond acceptors (Lipinski definition) is 5. The van der Waals surface area contributed by atoms with Crippen LogP contribution >= 0.6 is 22.9 Å². The van der Waals surface area contributed by atoms with Crippen molar-refractivity contribution < 1.29 is 9.63 Å². The molecule has 1 aliphatic heterocycles. The van der Waals surface area contributed by atoms with Gasteiger partial charge in [0, 0.05) is 24.4 Å². The smallest absolute Gasteiger partial charge is 0.261 e. The van der Waals surface area contributed by atoms with Gasteiger partial charge in [0.15, 0.2) is 0 Å². The van der Waals surface area contributed by atoms with Crippen molar-refractivity contribution in [3.63, 3.8) is 0 Å². The number of nitrogens with zero attached hydrogens (tertiary/aromatic N) is 2. The number of benzene rings is 1. The van der Waals surface area contributed by atoms with Gasteiger partial charge in [-0.25, -0.2) is 0 Å². The molecule has 0 saturated carbocycles. The van der Waals surface area contributed by atoms with Crippen LogP contribution < -0.4 is 10.9 Å². The molecule has 142 valence electrons. The Labute approximate surface area is 170 Å². The summed E-state index contributed by atoms with van der Waals surface area (Å²) in [5, 5.41) is 6.98. The number of oxime groups is 1. The minimum Gasteiger partial charge on any atom is -0.390 e. The minimum absolute atomic E-state index is 0.0837. The van der Waals surface area contributed by atoms with Gasteiger partial charge in [0.1, 0.15) is 6.10 Å². The molecule has 0 bridgehead atoms. The van der Waals surface area contributed by atoms with E-state index in [-0.39, 0.29) is 17.6 Å². The van der Waals surface area contributed by atoms with E-state index in [1.54, 1.807) is 29.0 Å². The van der Waals surface area contributed by atoms with E-state index in [0.717, 1.165) is 17.0 Å². The lowest BCUT2D eigenvalue weighted by Gasteiger charge is -2.09. The maximum absolute atomic E-state index is 12.1. The van der Waals surface area contributed by atoms with E-state index in [4.69, 9.17) is 16.4 Å². The van der Waals surface area contributed by atoms with Crippen molar-refractivity contribution in [2.24, 2.45) is 5.16 Å². The third-order valence-corrected chi connectivity index (χ3v) is 5.55. The van der Waals surface area contributed by atoms with E-state index in [1.165, 1.54) is 17.4 Å². The van der Waals surface area contributed by atoms with Gasteiger partial charge in [0.2, 0.25) is 0 Å². The first-order valence-electron chi connectivity index (χ1n) is 8.65. The normalized spacial score (nSPS) is 15.8. The van der Waals surface area contributed by atoms with Gasteiger partial charge in [0.25, 0.3) is 11.5 Å². The minimum atomic E-state index is -0.217. The average Bonchev–Trinajstić information content (AvgIpc) is 3.36. The van der Waals surface area contributed by atoms with Crippen LogP contribution in [0.25, 0.3) is 5.69 Å². The van der Waals surface area contributed by atoms with E-state index in [1.807, 2.05) is 30.3 Å². The van der Waals surface area contributed by atoms with Crippen molar-refractivity contribution in [2.45, 2.75) is 12.5 Å². The highest BCUT2D eigenvalue weighted by Gasteiger charge is 2.23. The van der Waals surface area contributed by atoms with Gasteiger partial charge < -0.3 is 10.2 Å². The van der Waals surface area contributed by atoms with E-state index in [0.29, 0.717) is 22.2 Å². The number of hydrogen-bond donors (Lipinski definition) is 1. The first-order valence-corrected chi connectivity index (χ1v) is 9.84. The van der Waals surface area contributed by atoms with Crippen LogP contribution in [0.3, 0.4) is 0 Å². The molecule has 1 unspecified atom stereocenters. The molecule has 3 aromatic rings. The van der Waals surface area contributed by atoms with Gasteiger partial charge >= 0.3 is 0 Å². The Morgan fingerprint density at radius 2 is 2.04 bits per heavy atom. The van der Waals surface area contributed by atoms with Crippen molar-refractivity contribution in [3.8, 4) is 5.69 Å². The van der Waals surface area contributed by atoms with Crippen LogP contribution in [0.2, 0.25) is 4.34 Å². The zero-order valence-electron chi connectivity index (χ0n) is 14.7. The van der Waals surface area contributed by atoms with Crippen molar-refractivity contribution >= 4 is 34.6 Å². The molecule has 0 fully saturated rings. The first-order chi connectivity index (χ1) is 13.6. The van der Waals surface area contributed by atoms with Gasteiger partial charge in [-0.3, -0.25) is 14.2 Å². The molecule has 1 atom stereocenters. The Morgan fingerprint density at radius 1 is 1.21 bits per heavy atom. The highest BCUT2D eigenvalue weighted by atomic mass is 35.5. The number of thiophene rings is 1. The highest BCUT2D eigenvalue weighted by Crippen LogP contribution is 2.22. The Kier molecular flexibility index (Phi) is 5.27. The Morgan fingerprint density at radius 3 is 2.75 bits per heavy atom. The summed E-state index contributed by atoms with van der Waals surface area (Å²) < 4.78 is 2.15. The second-order valence-electron chi connectivity index (χ2n) is 6.24. The lowest BCUT2D eigenvalue weighted by molar-refractivity contribution is 0.0755. The summed E-state index contributed by atoms with van der Waals surface area (Å²) in [6, 6.07) is 16.0. The second-order valence-corrected chi connectivity index (χ2v) is 7.95. The number of carbonyl (C=O) groups is 1. The molecular formula is C20H16ClN3O3S. The zero-order chi connectivity index (χ0) is 19.5. The van der Waals surface area contributed by atoms with E-state index < -0.39 is 0 Å². The molecule has 0 spiro atoms. The maximum Gasteiger partial charge on any atom is 0.261 e. The van der Waals surface area contributed by atoms with E-state index >= 15 is 0 Å². The van der Waals surface area contributed by atoms with Crippen LogP contribution in [0.4, 0.5) is 0 Å². The fraction of sp³-hybridized carbons (Fsp3) is 0.150. The number of carbonyl (C=O) groups excluding carboxylic acids is 1. The number of amides is 1. The Bertz CT molecular complexity index is 1090. The lowest BCUT2D eigenvalue weighted by Crippen LogP contribution is -2.31. The third kappa shape index (κ3) is 4.00. The van der Waals surface area contributed by atoms with Gasteiger partial charge in [-0.2, -0.15) is 0 Å². The quantitative estimate of drug-likeness (QED) is 0.696. The van der Waals surface area contributed by atoms with Crippen LogP contribution in [0.5, 0.6) is 0 Å². The van der Waals surface area contributed by atoms with Gasteiger partial charge in [-0.15, -0.1) is 11.3 Å². The Hall–Kier alpha value is -2.90. The van der Waals surface area contributed by atoms with Gasteiger partial charge in [-0.1, -0.05) is 35.0 Å². The van der Waals surface area contributed by atoms with Crippen molar-refractivity contribution in [2.75, 3.05) is 6.54 Å². The molecule has 1 amide bonds. The SMILES string of the molecule is O=C(NCC1CC(c2ccc(-n3ccccc3=O)cc2)=NO1)c1ccc(Cl)s1. The molecule has 2 aromatic heterocycles. The number of nitrogens with one attached hydrogen (secondary N) is 1. The molecule has 6 nitrogen and oxygen atoms in total. The molecule has 4 rings (SSSR count). The monoisotopic (exact) mass is 413 g/mol. The second kappa shape index (κ2) is 8.00. The fourth-order valence-electron chi connectivity index (χ4n) is 2.89. The van der Waals surface area contributed by atoms with E-state index in [9.17, 15) is 9.59 Å². The van der Waals surface area contributed by atoms with Crippen molar-refractivity contribution in [3.05, 3.63) is 85.9 Å². The Balaban J connectivity index is 1.36. The summed E-state index contributed by atoms with van der Waals surface area (Å²) in [6.45, 7) is 0.360. The average molecular weight is 414 g/mol. The van der Waals surface area contributed by atoms with Crippen LogP contribution in [0.15, 0.2) is 70.7 Å². The number of halogens is 1. The third-order valence-electron chi connectivity index (χ3n) is 4.32. The topological polar surface area (TPSA) is 72.7 Å². The summed E-state index contributed by atoms with van der Waals surface area (Å²) in [6.07, 6.45) is 2.11. The predicted octanol–water partition coefficient (Wildman–Crippen LogP) is 3.48. The largest absolute Gasteiger partial charge is 0.390 e. The van der Waals surface area contributed by atoms with Crippen LogP contribution in [-0.4, -0.2) is 28.8 Å². The molecule has 8 heteroatoms. The maximum atomic E-state index is 12.1. The molecule has 1 aromatic carbocycles. The summed E-state index contributed by atoms with van der Waals surface area (Å²) in [5.41, 5.74) is 2.43. The first kappa shape index (κ1) is 18.5. The molecular weight excluding hydrogens is 398 g/mol. The molecule has 0 radical (unpaired) electrons. The number of pyridine rings is 1. The van der Waals surface area contributed by atoms with Crippen LogP contribution in [-0.2, 0) is 4.84 Å². The number of aromatic nitrogens is 1. The zero-order valence-corrected chi connectivity index (χ0v) is 16.2. The van der Waals surface area contributed by atoms with Crippen molar-refractivity contribution in [1.29, 1.82) is 0 Å². The lowest BCUT2D eigenvalue weighted by atomic mass is 10.0. The van der Waals surface area contributed by atoms with Gasteiger partial charge in [0.05, 0.1) is 21.5 Å².